The number of nitrogens with one attached hydrogen (secondary N) is 1. The fourth-order valence-corrected chi connectivity index (χ4v) is 5.54. The molecule has 36 heavy (non-hydrogen) atoms. The first-order valence-corrected chi connectivity index (χ1v) is 12.6. The highest BCUT2D eigenvalue weighted by molar-refractivity contribution is 6.30. The van der Waals surface area contributed by atoms with Gasteiger partial charge in [0, 0.05) is 16.6 Å². The number of carbonyl (C=O) groups is 3. The molecule has 1 aliphatic carbocycles. The van der Waals surface area contributed by atoms with Crippen molar-refractivity contribution in [2.45, 2.75) is 32.4 Å². The fraction of sp³-hybridized carbons (Fsp3) is 0.393. The van der Waals surface area contributed by atoms with Crippen LogP contribution in [-0.4, -0.2) is 53.1 Å². The van der Waals surface area contributed by atoms with Gasteiger partial charge < -0.3 is 20.1 Å². The summed E-state index contributed by atoms with van der Waals surface area (Å²) < 4.78 is 5.32. The largest absolute Gasteiger partial charge is 0.466 e. The standard InChI is InChI=1S/C28H31ClN2O5/c1-3-36-28(35)23-17(2)9-14-22-24(23)27(34)31(21(16-32)15-18-7-5-4-6-8-18)25(22)26(33)30-20-12-10-19(29)11-13-20/h4-14,17,21-25,32H,3,15-16H2,1-2H3,(H,30,33)/t17-,21-,22+,23-,24+,25+/m1/s1. The minimum absolute atomic E-state index is 0.203. The minimum Gasteiger partial charge on any atom is -0.466 e. The van der Waals surface area contributed by atoms with Crippen molar-refractivity contribution in [3.05, 3.63) is 77.3 Å². The van der Waals surface area contributed by atoms with Crippen molar-refractivity contribution in [1.29, 1.82) is 0 Å². The van der Waals surface area contributed by atoms with Gasteiger partial charge in [-0.1, -0.05) is 61.0 Å². The van der Waals surface area contributed by atoms with Crippen LogP contribution >= 0.6 is 11.6 Å². The van der Waals surface area contributed by atoms with E-state index in [-0.39, 0.29) is 30.9 Å². The van der Waals surface area contributed by atoms with E-state index in [1.807, 2.05) is 49.4 Å². The first-order valence-electron chi connectivity index (χ1n) is 12.2. The monoisotopic (exact) mass is 510 g/mol. The summed E-state index contributed by atoms with van der Waals surface area (Å²) in [7, 11) is 0. The molecule has 1 saturated heterocycles. The highest BCUT2D eigenvalue weighted by Crippen LogP contribution is 2.45. The van der Waals surface area contributed by atoms with Crippen molar-refractivity contribution in [3.8, 4) is 0 Å². The fourth-order valence-electron chi connectivity index (χ4n) is 5.42. The van der Waals surface area contributed by atoms with Crippen LogP contribution in [0, 0.1) is 23.7 Å². The zero-order chi connectivity index (χ0) is 25.8. The number of ether oxygens (including phenoxy) is 1. The molecule has 1 fully saturated rings. The summed E-state index contributed by atoms with van der Waals surface area (Å²) in [5.41, 5.74) is 1.47. The number of nitrogens with zero attached hydrogens (tertiary/aromatic N) is 1. The first-order chi connectivity index (χ1) is 17.3. The van der Waals surface area contributed by atoms with Crippen molar-refractivity contribution in [3.63, 3.8) is 0 Å². The van der Waals surface area contributed by atoms with Gasteiger partial charge >= 0.3 is 5.97 Å². The van der Waals surface area contributed by atoms with Crippen LogP contribution in [0.15, 0.2) is 66.7 Å². The first kappa shape index (κ1) is 25.9. The van der Waals surface area contributed by atoms with Gasteiger partial charge in [-0.2, -0.15) is 0 Å². The van der Waals surface area contributed by atoms with E-state index < -0.39 is 35.8 Å². The molecular weight excluding hydrogens is 480 g/mol. The average molecular weight is 511 g/mol. The third kappa shape index (κ3) is 5.18. The SMILES string of the molecule is CCOC(=O)[C@H]1[C@H]2C(=O)N([C@@H](CO)Cc3ccccc3)[C@H](C(=O)Nc3ccc(Cl)cc3)[C@H]2C=C[C@H]1C. The van der Waals surface area contributed by atoms with Crippen LogP contribution < -0.4 is 5.32 Å². The van der Waals surface area contributed by atoms with Gasteiger partial charge in [0.25, 0.3) is 0 Å². The Kier molecular flexibility index (Phi) is 8.11. The third-order valence-electron chi connectivity index (χ3n) is 7.07. The van der Waals surface area contributed by atoms with E-state index in [0.717, 1.165) is 5.56 Å². The van der Waals surface area contributed by atoms with Crippen LogP contribution in [0.2, 0.25) is 5.02 Å². The highest BCUT2D eigenvalue weighted by Gasteiger charge is 2.58. The van der Waals surface area contributed by atoms with Gasteiger partial charge in [-0.05, 0) is 49.1 Å². The number of carbonyl (C=O) groups excluding carboxylic acids is 3. The Hall–Kier alpha value is -3.16. The number of allylic oxidation sites excluding steroid dienone is 1. The van der Waals surface area contributed by atoms with E-state index in [4.69, 9.17) is 16.3 Å². The average Bonchev–Trinajstić information content (AvgIpc) is 3.16. The molecule has 2 aromatic carbocycles. The van der Waals surface area contributed by atoms with Gasteiger partial charge in [0.15, 0.2) is 0 Å². The summed E-state index contributed by atoms with van der Waals surface area (Å²) >= 11 is 5.98. The van der Waals surface area contributed by atoms with Crippen LogP contribution in [0.25, 0.3) is 0 Å². The van der Waals surface area contributed by atoms with Crippen LogP contribution in [0.1, 0.15) is 19.4 Å². The van der Waals surface area contributed by atoms with Gasteiger partial charge in [0.1, 0.15) is 6.04 Å². The van der Waals surface area contributed by atoms with Gasteiger partial charge in [-0.3, -0.25) is 14.4 Å². The molecule has 2 aromatic rings. The Labute approximate surface area is 216 Å². The molecule has 1 heterocycles. The molecule has 2 amide bonds. The number of aliphatic hydroxyl groups excluding tert-OH is 1. The van der Waals surface area contributed by atoms with Crippen molar-refractivity contribution < 1.29 is 24.2 Å². The molecule has 0 spiro atoms. The van der Waals surface area contributed by atoms with E-state index >= 15 is 0 Å². The molecule has 7 nitrogen and oxygen atoms in total. The Balaban J connectivity index is 1.72. The number of aliphatic hydroxyl groups is 1. The van der Waals surface area contributed by atoms with E-state index in [2.05, 4.69) is 5.32 Å². The maximum atomic E-state index is 14.0. The lowest BCUT2D eigenvalue weighted by atomic mass is 9.70. The van der Waals surface area contributed by atoms with Crippen molar-refractivity contribution in [2.75, 3.05) is 18.5 Å². The topological polar surface area (TPSA) is 95.9 Å². The molecule has 8 heteroatoms. The predicted octanol–water partition coefficient (Wildman–Crippen LogP) is 3.71. The molecule has 6 atom stereocenters. The summed E-state index contributed by atoms with van der Waals surface area (Å²) in [4.78, 5) is 42.1. The maximum absolute atomic E-state index is 14.0. The lowest BCUT2D eigenvalue weighted by Crippen LogP contribution is -2.51. The maximum Gasteiger partial charge on any atom is 0.310 e. The number of halogens is 1. The van der Waals surface area contributed by atoms with Gasteiger partial charge in [0.05, 0.1) is 31.1 Å². The van der Waals surface area contributed by atoms with E-state index in [9.17, 15) is 19.5 Å². The quantitative estimate of drug-likeness (QED) is 0.417. The second kappa shape index (κ2) is 11.3. The number of rotatable bonds is 8. The molecule has 0 aromatic heterocycles. The Morgan fingerprint density at radius 3 is 2.44 bits per heavy atom. The summed E-state index contributed by atoms with van der Waals surface area (Å²) in [5, 5.41) is 13.8. The van der Waals surface area contributed by atoms with E-state index in [1.54, 1.807) is 31.2 Å². The molecule has 0 saturated carbocycles. The predicted molar refractivity (Wildman–Crippen MR) is 137 cm³/mol. The van der Waals surface area contributed by atoms with Crippen molar-refractivity contribution >= 4 is 35.1 Å². The van der Waals surface area contributed by atoms with Crippen LogP contribution in [0.3, 0.4) is 0 Å². The lowest BCUT2D eigenvalue weighted by molar-refractivity contribution is -0.155. The molecule has 1 aliphatic heterocycles. The van der Waals surface area contributed by atoms with E-state index in [0.29, 0.717) is 17.1 Å². The number of fused-ring (bicyclic) bond motifs is 1. The number of benzene rings is 2. The molecule has 0 unspecified atom stereocenters. The Morgan fingerprint density at radius 2 is 1.81 bits per heavy atom. The number of anilines is 1. The van der Waals surface area contributed by atoms with Crippen molar-refractivity contribution in [2.24, 2.45) is 23.7 Å². The van der Waals surface area contributed by atoms with Crippen LogP contribution in [-0.2, 0) is 25.5 Å². The zero-order valence-corrected chi connectivity index (χ0v) is 21.1. The minimum atomic E-state index is -0.903. The number of esters is 1. The third-order valence-corrected chi connectivity index (χ3v) is 7.32. The second-order valence-electron chi connectivity index (χ2n) is 9.34. The van der Waals surface area contributed by atoms with Gasteiger partial charge in [-0.15, -0.1) is 0 Å². The normalized spacial score (nSPS) is 25.8. The Morgan fingerprint density at radius 1 is 1.11 bits per heavy atom. The summed E-state index contributed by atoms with van der Waals surface area (Å²) in [6, 6.07) is 14.7. The summed E-state index contributed by atoms with van der Waals surface area (Å²) in [6.07, 6.45) is 4.12. The van der Waals surface area contributed by atoms with Crippen LogP contribution in [0.4, 0.5) is 5.69 Å². The summed E-state index contributed by atoms with van der Waals surface area (Å²) in [6.45, 7) is 3.48. The summed E-state index contributed by atoms with van der Waals surface area (Å²) in [5.74, 6) is -3.38. The number of likely N-dealkylation sites (tertiary alicyclic amines) is 1. The van der Waals surface area contributed by atoms with Gasteiger partial charge in [0.2, 0.25) is 11.8 Å². The van der Waals surface area contributed by atoms with Gasteiger partial charge in [-0.25, -0.2) is 0 Å². The lowest BCUT2D eigenvalue weighted by Gasteiger charge is -2.33. The number of hydrogen-bond acceptors (Lipinski definition) is 5. The van der Waals surface area contributed by atoms with E-state index in [1.165, 1.54) is 4.90 Å². The molecule has 0 bridgehead atoms. The molecular formula is C28H31ClN2O5. The molecule has 0 radical (unpaired) electrons. The number of amides is 2. The molecule has 4 rings (SSSR count). The molecule has 2 aliphatic rings. The zero-order valence-electron chi connectivity index (χ0n) is 20.3. The molecule has 2 N–H and O–H groups in total. The molecule has 190 valence electrons. The highest BCUT2D eigenvalue weighted by atomic mass is 35.5. The number of hydrogen-bond donors (Lipinski definition) is 2. The van der Waals surface area contributed by atoms with Crippen LogP contribution in [0.5, 0.6) is 0 Å². The smallest absolute Gasteiger partial charge is 0.310 e. The van der Waals surface area contributed by atoms with Crippen molar-refractivity contribution in [1.82, 2.24) is 4.90 Å². The Bertz CT molecular complexity index is 1120. The second-order valence-corrected chi connectivity index (χ2v) is 9.77.